The molecule has 1 aromatic carbocycles. The van der Waals surface area contributed by atoms with E-state index < -0.39 is 0 Å². The molecule has 1 aliphatic rings. The van der Waals surface area contributed by atoms with E-state index in [9.17, 15) is 0 Å². The van der Waals surface area contributed by atoms with Crippen LogP contribution in [0.5, 0.6) is 0 Å². The summed E-state index contributed by atoms with van der Waals surface area (Å²) in [7, 11) is 0. The van der Waals surface area contributed by atoms with E-state index in [-0.39, 0.29) is 11.7 Å². The van der Waals surface area contributed by atoms with Gasteiger partial charge in [-0.25, -0.2) is 0 Å². The van der Waals surface area contributed by atoms with Crippen molar-refractivity contribution in [2.45, 2.75) is 27.1 Å². The second-order valence-corrected chi connectivity index (χ2v) is 5.93. The second kappa shape index (κ2) is 4.47. The average Bonchev–Trinajstić information content (AvgIpc) is 2.23. The Morgan fingerprint density at radius 1 is 1.25 bits per heavy atom. The fourth-order valence-corrected chi connectivity index (χ4v) is 2.13. The SMILES string of the molecule is Cc1c(Br)cccc1C1OCC(C)(C)CO1. The largest absolute Gasteiger partial charge is 0.348 e. The zero-order valence-electron chi connectivity index (χ0n) is 9.92. The van der Waals surface area contributed by atoms with E-state index in [0.717, 1.165) is 23.2 Å². The molecule has 3 heteroatoms. The highest BCUT2D eigenvalue weighted by Crippen LogP contribution is 2.34. The van der Waals surface area contributed by atoms with Gasteiger partial charge in [0.1, 0.15) is 0 Å². The van der Waals surface area contributed by atoms with E-state index in [2.05, 4.69) is 42.8 Å². The van der Waals surface area contributed by atoms with Gasteiger partial charge in [-0.2, -0.15) is 0 Å². The maximum atomic E-state index is 5.77. The lowest BCUT2D eigenvalue weighted by Gasteiger charge is -2.35. The molecule has 0 unspecified atom stereocenters. The number of benzene rings is 1. The molecule has 0 N–H and O–H groups in total. The predicted octanol–water partition coefficient (Wildman–Crippen LogP) is 3.83. The van der Waals surface area contributed by atoms with Gasteiger partial charge in [0.05, 0.1) is 13.2 Å². The Hall–Kier alpha value is -0.380. The summed E-state index contributed by atoms with van der Waals surface area (Å²) in [6.07, 6.45) is -0.217. The Morgan fingerprint density at radius 2 is 1.88 bits per heavy atom. The molecule has 0 aliphatic carbocycles. The van der Waals surface area contributed by atoms with Gasteiger partial charge in [0.2, 0.25) is 0 Å². The summed E-state index contributed by atoms with van der Waals surface area (Å²) in [5.74, 6) is 0. The monoisotopic (exact) mass is 284 g/mol. The fourth-order valence-electron chi connectivity index (χ4n) is 1.75. The first-order chi connectivity index (χ1) is 7.49. The minimum Gasteiger partial charge on any atom is -0.348 e. The van der Waals surface area contributed by atoms with Crippen molar-refractivity contribution in [1.82, 2.24) is 0 Å². The molecule has 1 saturated heterocycles. The van der Waals surface area contributed by atoms with Crippen molar-refractivity contribution >= 4 is 15.9 Å². The molecule has 0 atom stereocenters. The third-order valence-corrected chi connectivity index (χ3v) is 3.67. The summed E-state index contributed by atoms with van der Waals surface area (Å²) < 4.78 is 12.6. The van der Waals surface area contributed by atoms with Crippen LogP contribution in [0.2, 0.25) is 0 Å². The number of halogens is 1. The van der Waals surface area contributed by atoms with Gasteiger partial charge in [-0.15, -0.1) is 0 Å². The lowest BCUT2D eigenvalue weighted by molar-refractivity contribution is -0.226. The van der Waals surface area contributed by atoms with E-state index in [1.807, 2.05) is 12.1 Å². The Labute approximate surface area is 105 Å². The molecule has 0 saturated carbocycles. The molecule has 2 nitrogen and oxygen atoms in total. The van der Waals surface area contributed by atoms with Crippen LogP contribution >= 0.6 is 15.9 Å². The molecule has 0 amide bonds. The van der Waals surface area contributed by atoms with Crippen LogP contribution in [0.3, 0.4) is 0 Å². The highest BCUT2D eigenvalue weighted by atomic mass is 79.9. The van der Waals surface area contributed by atoms with Crippen LogP contribution in [0, 0.1) is 12.3 Å². The lowest BCUT2D eigenvalue weighted by atomic mass is 9.95. The lowest BCUT2D eigenvalue weighted by Crippen LogP contribution is -2.34. The van der Waals surface area contributed by atoms with Gasteiger partial charge in [-0.1, -0.05) is 41.9 Å². The van der Waals surface area contributed by atoms with E-state index in [0.29, 0.717) is 0 Å². The average molecular weight is 285 g/mol. The normalized spacial score (nSPS) is 21.0. The van der Waals surface area contributed by atoms with Crippen LogP contribution in [0.25, 0.3) is 0 Å². The first-order valence-corrected chi connectivity index (χ1v) is 6.27. The molecule has 0 radical (unpaired) electrons. The first kappa shape index (κ1) is 12.1. The van der Waals surface area contributed by atoms with Crippen LogP contribution in [-0.2, 0) is 9.47 Å². The van der Waals surface area contributed by atoms with E-state index >= 15 is 0 Å². The molecule has 88 valence electrons. The van der Waals surface area contributed by atoms with Crippen LogP contribution in [-0.4, -0.2) is 13.2 Å². The standard InChI is InChI=1S/C13H17BrO2/c1-9-10(5-4-6-11(9)14)12-15-7-13(2,3)8-16-12/h4-6,12H,7-8H2,1-3H3. The molecule has 0 aromatic heterocycles. The smallest absolute Gasteiger partial charge is 0.184 e. The number of ether oxygens (including phenoxy) is 2. The summed E-state index contributed by atoms with van der Waals surface area (Å²) >= 11 is 3.52. The molecular formula is C13H17BrO2. The summed E-state index contributed by atoms with van der Waals surface area (Å²) in [4.78, 5) is 0. The van der Waals surface area contributed by atoms with Gasteiger partial charge in [0.25, 0.3) is 0 Å². The molecule has 1 aromatic rings. The highest BCUT2D eigenvalue weighted by molar-refractivity contribution is 9.10. The molecule has 2 rings (SSSR count). The minimum atomic E-state index is -0.217. The van der Waals surface area contributed by atoms with Gasteiger partial charge in [0.15, 0.2) is 6.29 Å². The third-order valence-electron chi connectivity index (χ3n) is 2.81. The van der Waals surface area contributed by atoms with Gasteiger partial charge >= 0.3 is 0 Å². The second-order valence-electron chi connectivity index (χ2n) is 5.07. The summed E-state index contributed by atoms with van der Waals surface area (Å²) in [6, 6.07) is 6.10. The van der Waals surface area contributed by atoms with Gasteiger partial charge in [-0.05, 0) is 18.6 Å². The molecular weight excluding hydrogens is 268 g/mol. The highest BCUT2D eigenvalue weighted by Gasteiger charge is 2.29. The quantitative estimate of drug-likeness (QED) is 0.780. The molecule has 1 fully saturated rings. The van der Waals surface area contributed by atoms with Crippen molar-refractivity contribution in [3.05, 3.63) is 33.8 Å². The number of rotatable bonds is 1. The summed E-state index contributed by atoms with van der Waals surface area (Å²) in [5.41, 5.74) is 2.42. The Balaban J connectivity index is 2.17. The first-order valence-electron chi connectivity index (χ1n) is 5.48. The molecule has 16 heavy (non-hydrogen) atoms. The Morgan fingerprint density at radius 3 is 2.50 bits per heavy atom. The Bertz CT molecular complexity index is 378. The fraction of sp³-hybridized carbons (Fsp3) is 0.538. The maximum absolute atomic E-state index is 5.77. The zero-order chi connectivity index (χ0) is 11.8. The van der Waals surface area contributed by atoms with E-state index in [1.165, 1.54) is 5.56 Å². The summed E-state index contributed by atoms with van der Waals surface area (Å²) in [5, 5.41) is 0. The van der Waals surface area contributed by atoms with Crippen molar-refractivity contribution in [2.75, 3.05) is 13.2 Å². The topological polar surface area (TPSA) is 18.5 Å². The predicted molar refractivity (Wildman–Crippen MR) is 67.3 cm³/mol. The van der Waals surface area contributed by atoms with E-state index in [1.54, 1.807) is 0 Å². The van der Waals surface area contributed by atoms with Crippen molar-refractivity contribution < 1.29 is 9.47 Å². The van der Waals surface area contributed by atoms with Gasteiger partial charge < -0.3 is 9.47 Å². The van der Waals surface area contributed by atoms with Crippen LogP contribution in [0.1, 0.15) is 31.3 Å². The number of hydrogen-bond donors (Lipinski definition) is 0. The third kappa shape index (κ3) is 2.47. The van der Waals surface area contributed by atoms with Crippen molar-refractivity contribution in [3.63, 3.8) is 0 Å². The van der Waals surface area contributed by atoms with Gasteiger partial charge in [0, 0.05) is 15.5 Å². The Kier molecular flexibility index (Phi) is 3.38. The van der Waals surface area contributed by atoms with Crippen LogP contribution in [0.15, 0.2) is 22.7 Å². The van der Waals surface area contributed by atoms with Crippen molar-refractivity contribution in [1.29, 1.82) is 0 Å². The molecule has 1 heterocycles. The molecule has 1 aliphatic heterocycles. The summed E-state index contributed by atoms with van der Waals surface area (Å²) in [6.45, 7) is 7.85. The molecule has 0 bridgehead atoms. The minimum absolute atomic E-state index is 0.121. The van der Waals surface area contributed by atoms with Gasteiger partial charge in [-0.3, -0.25) is 0 Å². The zero-order valence-corrected chi connectivity index (χ0v) is 11.5. The number of hydrogen-bond acceptors (Lipinski definition) is 2. The maximum Gasteiger partial charge on any atom is 0.184 e. The van der Waals surface area contributed by atoms with Crippen molar-refractivity contribution in [2.24, 2.45) is 5.41 Å². The van der Waals surface area contributed by atoms with Crippen LogP contribution in [0.4, 0.5) is 0 Å². The van der Waals surface area contributed by atoms with Crippen LogP contribution < -0.4 is 0 Å². The van der Waals surface area contributed by atoms with Crippen molar-refractivity contribution in [3.8, 4) is 0 Å². The van der Waals surface area contributed by atoms with E-state index in [4.69, 9.17) is 9.47 Å². The molecule has 0 spiro atoms.